The molecule has 3 unspecified atom stereocenters. The Morgan fingerprint density at radius 2 is 1.50 bits per heavy atom. The third-order valence-corrected chi connectivity index (χ3v) is 13.7. The topological polar surface area (TPSA) is 173 Å². The van der Waals surface area contributed by atoms with E-state index in [1.807, 2.05) is 45.0 Å². The monoisotopic (exact) mass is 860 g/mol. The van der Waals surface area contributed by atoms with Crippen LogP contribution in [0.5, 0.6) is 17.2 Å². The van der Waals surface area contributed by atoms with E-state index in [1.165, 1.54) is 35.9 Å². The summed E-state index contributed by atoms with van der Waals surface area (Å²) in [5.41, 5.74) is 7.50. The van der Waals surface area contributed by atoms with E-state index < -0.39 is 27.4 Å². The van der Waals surface area contributed by atoms with E-state index in [0.717, 1.165) is 24.2 Å². The van der Waals surface area contributed by atoms with Crippen LogP contribution in [0, 0.1) is 5.92 Å². The lowest BCUT2D eigenvalue weighted by molar-refractivity contribution is -0.142. The van der Waals surface area contributed by atoms with E-state index in [-0.39, 0.29) is 51.4 Å². The molecular formula is C50H60N4O7S. The second-order valence-electron chi connectivity index (χ2n) is 17.8. The first kappa shape index (κ1) is 45.8. The van der Waals surface area contributed by atoms with Gasteiger partial charge in [0.25, 0.3) is 15.9 Å². The molecule has 11 nitrogen and oxygen atoms in total. The molecule has 0 aromatic heterocycles. The van der Waals surface area contributed by atoms with Crippen molar-refractivity contribution in [1.29, 1.82) is 0 Å². The van der Waals surface area contributed by atoms with Crippen LogP contribution in [0.25, 0.3) is 16.5 Å². The van der Waals surface area contributed by atoms with Gasteiger partial charge in [0.15, 0.2) is 11.4 Å². The summed E-state index contributed by atoms with van der Waals surface area (Å²) in [5.74, 6) is -0.544. The van der Waals surface area contributed by atoms with Crippen LogP contribution in [0.3, 0.4) is 0 Å². The molecule has 1 aliphatic rings. The molecule has 0 heterocycles. The highest BCUT2D eigenvalue weighted by molar-refractivity contribution is 7.89. The number of sulfonamides is 1. The summed E-state index contributed by atoms with van der Waals surface area (Å²) in [6.45, 7) is 19.0. The highest BCUT2D eigenvalue weighted by Gasteiger charge is 2.48. The van der Waals surface area contributed by atoms with Crippen molar-refractivity contribution in [2.45, 2.75) is 122 Å². The quantitative estimate of drug-likeness (QED) is 0.0673. The standard InChI is InChI=1S/C50H60N4O7S/c1-10-48(6,7)33-22-27-45(41(28-33)49(8,9)11-2)61-32(5)20-21-34-29-42(39-18-14-15-19-40(39)50(34,57)47(51)56)54-62(58,59)36-25-23-35(24-26-36)52-53-43-30-44(55)37-16-12-13-17-38(37)46(43)60-31(3)4/h12-19,22-32,34,54-55,57H,10-11,20-21H2,1-9H3,(H2,51,56). The predicted octanol–water partition coefficient (Wildman–Crippen LogP) is 11.0. The molecule has 0 bridgehead atoms. The zero-order chi connectivity index (χ0) is 45.2. The van der Waals surface area contributed by atoms with E-state index >= 15 is 0 Å². The number of benzene rings is 5. The number of carbonyl (C=O) groups excluding carboxylic acids is 1. The van der Waals surface area contributed by atoms with Gasteiger partial charge in [-0.2, -0.15) is 5.11 Å². The molecule has 5 N–H and O–H groups in total. The summed E-state index contributed by atoms with van der Waals surface area (Å²) < 4.78 is 43.4. The second-order valence-corrected chi connectivity index (χ2v) is 19.5. The zero-order valence-electron chi connectivity index (χ0n) is 37.2. The summed E-state index contributed by atoms with van der Waals surface area (Å²) in [5, 5.41) is 32.8. The van der Waals surface area contributed by atoms with Crippen LogP contribution in [0.1, 0.15) is 110 Å². The van der Waals surface area contributed by atoms with Gasteiger partial charge >= 0.3 is 0 Å². The van der Waals surface area contributed by atoms with Crippen LogP contribution in [0.15, 0.2) is 118 Å². The maximum absolute atomic E-state index is 14.0. The van der Waals surface area contributed by atoms with Gasteiger partial charge in [0.2, 0.25) is 0 Å². The summed E-state index contributed by atoms with van der Waals surface area (Å²) in [7, 11) is -4.19. The van der Waals surface area contributed by atoms with Crippen molar-refractivity contribution < 1.29 is 32.9 Å². The third-order valence-electron chi connectivity index (χ3n) is 12.4. The minimum atomic E-state index is -4.19. The third kappa shape index (κ3) is 9.36. The number of hydrogen-bond donors (Lipinski definition) is 4. The minimum absolute atomic E-state index is 0.000690. The van der Waals surface area contributed by atoms with Crippen molar-refractivity contribution in [2.24, 2.45) is 21.9 Å². The number of primary amides is 1. The van der Waals surface area contributed by atoms with E-state index in [2.05, 4.69) is 68.6 Å². The number of phenols is 1. The van der Waals surface area contributed by atoms with Crippen LogP contribution in [-0.4, -0.2) is 36.7 Å². The number of nitrogens with one attached hydrogen (secondary N) is 1. The van der Waals surface area contributed by atoms with Crippen LogP contribution in [-0.2, 0) is 31.2 Å². The normalized spacial score (nSPS) is 17.5. The van der Waals surface area contributed by atoms with Crippen molar-refractivity contribution in [2.75, 3.05) is 0 Å². The second kappa shape index (κ2) is 17.9. The lowest BCUT2D eigenvalue weighted by Crippen LogP contribution is -2.49. The number of azo groups is 1. The molecule has 6 rings (SSSR count). The van der Waals surface area contributed by atoms with Gasteiger partial charge in [-0.3, -0.25) is 9.52 Å². The predicted molar refractivity (Wildman–Crippen MR) is 246 cm³/mol. The maximum atomic E-state index is 14.0. The van der Waals surface area contributed by atoms with Crippen molar-refractivity contribution in [3.63, 3.8) is 0 Å². The smallest absolute Gasteiger partial charge is 0.261 e. The number of aromatic hydroxyl groups is 1. The molecular weight excluding hydrogens is 801 g/mol. The fraction of sp³-hybridized carbons (Fsp3) is 0.380. The highest BCUT2D eigenvalue weighted by Crippen LogP contribution is 2.45. The van der Waals surface area contributed by atoms with Gasteiger partial charge in [-0.1, -0.05) is 108 Å². The molecule has 12 heteroatoms. The molecule has 1 aliphatic carbocycles. The summed E-state index contributed by atoms with van der Waals surface area (Å²) in [6.07, 6.45) is 3.67. The molecule has 62 heavy (non-hydrogen) atoms. The molecule has 0 radical (unpaired) electrons. The number of nitrogens with two attached hydrogens (primary N) is 1. The molecule has 5 aromatic rings. The number of phenolic OH excluding ortho intramolecular Hbond substituents is 1. The molecule has 1 amide bonds. The van der Waals surface area contributed by atoms with Crippen LogP contribution < -0.4 is 19.9 Å². The molecule has 0 saturated carbocycles. The first-order valence-electron chi connectivity index (χ1n) is 21.3. The van der Waals surface area contributed by atoms with Gasteiger partial charge in [0.1, 0.15) is 17.2 Å². The Balaban J connectivity index is 1.25. The number of carbonyl (C=O) groups is 1. The summed E-state index contributed by atoms with van der Waals surface area (Å²) in [6, 6.07) is 27.7. The van der Waals surface area contributed by atoms with Crippen LogP contribution in [0.4, 0.5) is 11.4 Å². The molecule has 5 aromatic carbocycles. The Morgan fingerprint density at radius 1 is 0.855 bits per heavy atom. The number of rotatable bonds is 17. The minimum Gasteiger partial charge on any atom is -0.507 e. The van der Waals surface area contributed by atoms with Gasteiger partial charge in [0.05, 0.1) is 28.5 Å². The Bertz CT molecular complexity index is 2620. The largest absolute Gasteiger partial charge is 0.507 e. The van der Waals surface area contributed by atoms with Gasteiger partial charge in [0, 0.05) is 39.4 Å². The van der Waals surface area contributed by atoms with E-state index in [9.17, 15) is 23.4 Å². The van der Waals surface area contributed by atoms with Gasteiger partial charge in [-0.25, -0.2) is 8.42 Å². The number of hydrogen-bond acceptors (Lipinski definition) is 9. The average molecular weight is 861 g/mol. The average Bonchev–Trinajstić information content (AvgIpc) is 3.24. The number of aliphatic hydroxyl groups is 1. The van der Waals surface area contributed by atoms with Crippen molar-refractivity contribution in [3.8, 4) is 17.2 Å². The lowest BCUT2D eigenvalue weighted by Gasteiger charge is -2.38. The zero-order valence-corrected chi connectivity index (χ0v) is 38.0. The molecule has 0 spiro atoms. The molecule has 3 atom stereocenters. The first-order chi connectivity index (χ1) is 29.2. The Hall–Kier alpha value is -5.72. The Labute approximate surface area is 366 Å². The molecule has 0 fully saturated rings. The van der Waals surface area contributed by atoms with Gasteiger partial charge in [-0.15, -0.1) is 5.11 Å². The summed E-state index contributed by atoms with van der Waals surface area (Å²) in [4.78, 5) is 13.1. The highest BCUT2D eigenvalue weighted by atomic mass is 32.2. The van der Waals surface area contributed by atoms with Crippen molar-refractivity contribution >= 4 is 43.8 Å². The van der Waals surface area contributed by atoms with Gasteiger partial charge < -0.3 is 25.4 Å². The van der Waals surface area contributed by atoms with Crippen molar-refractivity contribution in [3.05, 3.63) is 125 Å². The van der Waals surface area contributed by atoms with Crippen molar-refractivity contribution in [1.82, 2.24) is 4.72 Å². The number of fused-ring (bicyclic) bond motifs is 2. The fourth-order valence-electron chi connectivity index (χ4n) is 7.78. The van der Waals surface area contributed by atoms with Gasteiger partial charge in [-0.05, 0) is 93.2 Å². The van der Waals surface area contributed by atoms with Crippen LogP contribution in [0.2, 0.25) is 0 Å². The molecule has 0 aliphatic heterocycles. The van der Waals surface area contributed by atoms with E-state index in [0.29, 0.717) is 39.9 Å². The fourth-order valence-corrected chi connectivity index (χ4v) is 8.86. The molecule has 328 valence electrons. The maximum Gasteiger partial charge on any atom is 0.261 e. The molecule has 0 saturated heterocycles. The van der Waals surface area contributed by atoms with Crippen LogP contribution >= 0.6 is 0 Å². The summed E-state index contributed by atoms with van der Waals surface area (Å²) >= 11 is 0. The SMILES string of the molecule is CCC(C)(C)c1ccc(OC(C)CCC2C=C(NS(=O)(=O)c3ccc(N=Nc4cc(O)c5ccccc5c4OC(C)C)cc3)c3ccccc3C2(O)C(N)=O)c(C(C)(C)CC)c1. The Kier molecular flexibility index (Phi) is 13.3. The van der Waals surface area contributed by atoms with E-state index in [4.69, 9.17) is 15.2 Å². The number of amides is 1. The number of ether oxygens (including phenoxy) is 2. The number of nitrogens with zero attached hydrogens (tertiary/aromatic N) is 2. The Morgan fingerprint density at radius 3 is 2.15 bits per heavy atom. The lowest BCUT2D eigenvalue weighted by atomic mass is 9.72. The first-order valence-corrected chi connectivity index (χ1v) is 22.8. The van der Waals surface area contributed by atoms with E-state index in [1.54, 1.807) is 36.4 Å².